The number of benzene rings is 1. The normalized spacial score (nSPS) is 10.1. The van der Waals surface area contributed by atoms with Crippen molar-refractivity contribution in [1.82, 2.24) is 9.97 Å². The van der Waals surface area contributed by atoms with Crippen LogP contribution in [0.2, 0.25) is 0 Å². The number of hydrogen-bond donors (Lipinski definition) is 0. The number of rotatable bonds is 2. The van der Waals surface area contributed by atoms with Gasteiger partial charge in [-0.25, -0.2) is 18.7 Å². The summed E-state index contributed by atoms with van der Waals surface area (Å²) in [5, 5.41) is 0. The molecule has 1 aromatic heterocycles. The molecule has 80 valence electrons. The molecule has 0 aliphatic rings. The Labute approximate surface area is 89.8 Å². The Morgan fingerprint density at radius 3 is 2.44 bits per heavy atom. The van der Waals surface area contributed by atoms with Gasteiger partial charge in [-0.05, 0) is 18.2 Å². The predicted octanol–water partition coefficient (Wildman–Crippen LogP) is 1.99. The van der Waals surface area contributed by atoms with Crippen LogP contribution in [-0.2, 0) is 0 Å². The Morgan fingerprint density at radius 1 is 1.12 bits per heavy atom. The number of carbonyl (C=O) groups is 1. The molecule has 3 nitrogen and oxygen atoms in total. The van der Waals surface area contributed by atoms with E-state index < -0.39 is 17.4 Å². The minimum Gasteiger partial charge on any atom is -0.285 e. The Morgan fingerprint density at radius 2 is 1.81 bits per heavy atom. The van der Waals surface area contributed by atoms with Gasteiger partial charge < -0.3 is 0 Å². The van der Waals surface area contributed by atoms with E-state index in [1.165, 1.54) is 18.5 Å². The third-order valence-corrected chi connectivity index (χ3v) is 1.94. The lowest BCUT2D eigenvalue weighted by Crippen LogP contribution is -2.08. The highest BCUT2D eigenvalue weighted by Crippen LogP contribution is 2.12. The highest BCUT2D eigenvalue weighted by molar-refractivity contribution is 6.06. The van der Waals surface area contributed by atoms with Crippen molar-refractivity contribution < 1.29 is 13.6 Å². The van der Waals surface area contributed by atoms with Crippen LogP contribution in [0.15, 0.2) is 36.7 Å². The van der Waals surface area contributed by atoms with E-state index in [4.69, 9.17) is 0 Å². The molecule has 0 aliphatic heterocycles. The van der Waals surface area contributed by atoms with Crippen molar-refractivity contribution in [3.63, 3.8) is 0 Å². The fourth-order valence-electron chi connectivity index (χ4n) is 1.21. The average molecular weight is 220 g/mol. The molecule has 1 aromatic carbocycles. The summed E-state index contributed by atoms with van der Waals surface area (Å²) in [5.41, 5.74) is -0.243. The molecule has 0 saturated carbocycles. The van der Waals surface area contributed by atoms with Crippen LogP contribution in [0.3, 0.4) is 0 Å². The molecule has 16 heavy (non-hydrogen) atoms. The van der Waals surface area contributed by atoms with Gasteiger partial charge in [0.25, 0.3) is 0 Å². The molecular weight excluding hydrogens is 214 g/mol. The Bertz CT molecular complexity index is 529. The van der Waals surface area contributed by atoms with Crippen molar-refractivity contribution in [2.75, 3.05) is 0 Å². The molecule has 0 spiro atoms. The Kier molecular flexibility index (Phi) is 2.68. The maximum Gasteiger partial charge on any atom is 0.233 e. The lowest BCUT2D eigenvalue weighted by atomic mass is 10.1. The van der Waals surface area contributed by atoms with Crippen molar-refractivity contribution >= 4 is 5.78 Å². The van der Waals surface area contributed by atoms with Gasteiger partial charge in [0, 0.05) is 18.5 Å². The number of nitrogens with zero attached hydrogens (tertiary/aromatic N) is 2. The third kappa shape index (κ3) is 1.93. The van der Waals surface area contributed by atoms with Crippen LogP contribution in [0.1, 0.15) is 16.2 Å². The first kappa shape index (κ1) is 10.4. The van der Waals surface area contributed by atoms with E-state index in [-0.39, 0.29) is 11.4 Å². The van der Waals surface area contributed by atoms with Crippen molar-refractivity contribution in [2.24, 2.45) is 0 Å². The zero-order valence-electron chi connectivity index (χ0n) is 8.02. The standard InChI is InChI=1S/C11H6F2N2O/c12-7-2-3-8(9(13)6-7)10(16)11-14-4-1-5-15-11/h1-6H. The maximum atomic E-state index is 13.3. The van der Waals surface area contributed by atoms with E-state index in [1.54, 1.807) is 0 Å². The summed E-state index contributed by atoms with van der Waals surface area (Å²) >= 11 is 0. The van der Waals surface area contributed by atoms with Crippen molar-refractivity contribution in [3.8, 4) is 0 Å². The number of ketones is 1. The minimum absolute atomic E-state index is 0.118. The van der Waals surface area contributed by atoms with Gasteiger partial charge in [0.2, 0.25) is 11.6 Å². The molecule has 0 radical (unpaired) electrons. The van der Waals surface area contributed by atoms with Gasteiger partial charge in [0.1, 0.15) is 11.6 Å². The van der Waals surface area contributed by atoms with Gasteiger partial charge in [0.15, 0.2) is 0 Å². The molecule has 0 atom stereocenters. The van der Waals surface area contributed by atoms with E-state index in [0.717, 1.165) is 12.1 Å². The second-order valence-electron chi connectivity index (χ2n) is 3.03. The SMILES string of the molecule is O=C(c1ncccn1)c1ccc(F)cc1F. The van der Waals surface area contributed by atoms with Crippen LogP contribution in [0.4, 0.5) is 8.78 Å². The van der Waals surface area contributed by atoms with E-state index in [0.29, 0.717) is 6.07 Å². The maximum absolute atomic E-state index is 13.3. The molecule has 5 heteroatoms. The molecule has 0 bridgehead atoms. The molecule has 0 unspecified atom stereocenters. The van der Waals surface area contributed by atoms with E-state index >= 15 is 0 Å². The van der Waals surface area contributed by atoms with Crippen molar-refractivity contribution in [3.05, 3.63) is 59.7 Å². The summed E-state index contributed by atoms with van der Waals surface area (Å²) < 4.78 is 25.9. The zero-order chi connectivity index (χ0) is 11.5. The first-order valence-electron chi connectivity index (χ1n) is 4.45. The Hall–Kier alpha value is -2.17. The highest BCUT2D eigenvalue weighted by atomic mass is 19.1. The van der Waals surface area contributed by atoms with E-state index in [2.05, 4.69) is 9.97 Å². The van der Waals surface area contributed by atoms with Crippen molar-refractivity contribution in [2.45, 2.75) is 0 Å². The first-order valence-corrected chi connectivity index (χ1v) is 4.45. The molecule has 2 rings (SSSR count). The van der Waals surface area contributed by atoms with Crippen LogP contribution in [0, 0.1) is 11.6 Å². The highest BCUT2D eigenvalue weighted by Gasteiger charge is 2.16. The summed E-state index contributed by atoms with van der Waals surface area (Å²) in [4.78, 5) is 19.1. The minimum atomic E-state index is -0.919. The van der Waals surface area contributed by atoms with Crippen molar-refractivity contribution in [1.29, 1.82) is 0 Å². The molecule has 0 fully saturated rings. The number of hydrogen-bond acceptors (Lipinski definition) is 3. The molecule has 2 aromatic rings. The molecule has 0 N–H and O–H groups in total. The van der Waals surface area contributed by atoms with Gasteiger partial charge in [-0.15, -0.1) is 0 Å². The van der Waals surface area contributed by atoms with Crippen LogP contribution in [0.25, 0.3) is 0 Å². The zero-order valence-corrected chi connectivity index (χ0v) is 8.02. The fourth-order valence-corrected chi connectivity index (χ4v) is 1.21. The van der Waals surface area contributed by atoms with E-state index in [9.17, 15) is 13.6 Å². The van der Waals surface area contributed by atoms with Gasteiger partial charge in [-0.2, -0.15) is 0 Å². The molecular formula is C11H6F2N2O. The predicted molar refractivity (Wildman–Crippen MR) is 51.8 cm³/mol. The van der Waals surface area contributed by atoms with Gasteiger partial charge in [-0.1, -0.05) is 0 Å². The Balaban J connectivity index is 2.42. The topological polar surface area (TPSA) is 42.9 Å². The lowest BCUT2D eigenvalue weighted by molar-refractivity contribution is 0.102. The van der Waals surface area contributed by atoms with Crippen LogP contribution >= 0.6 is 0 Å². The smallest absolute Gasteiger partial charge is 0.233 e. The molecule has 1 heterocycles. The van der Waals surface area contributed by atoms with Gasteiger partial charge >= 0.3 is 0 Å². The second kappa shape index (κ2) is 4.14. The largest absolute Gasteiger partial charge is 0.285 e. The lowest BCUT2D eigenvalue weighted by Gasteiger charge is -2.00. The second-order valence-corrected chi connectivity index (χ2v) is 3.03. The fraction of sp³-hybridized carbons (Fsp3) is 0. The van der Waals surface area contributed by atoms with E-state index in [1.807, 2.05) is 0 Å². The average Bonchev–Trinajstić information content (AvgIpc) is 2.29. The summed E-state index contributed by atoms with van der Waals surface area (Å²) in [7, 11) is 0. The summed E-state index contributed by atoms with van der Waals surface area (Å²) in [6.07, 6.45) is 2.75. The molecule has 0 aliphatic carbocycles. The number of carbonyl (C=O) groups excluding carboxylic acids is 1. The van der Waals surface area contributed by atoms with Crippen LogP contribution in [0.5, 0.6) is 0 Å². The quantitative estimate of drug-likeness (QED) is 0.727. The first-order chi connectivity index (χ1) is 7.68. The number of aromatic nitrogens is 2. The summed E-state index contributed by atoms with van der Waals surface area (Å²) in [6.45, 7) is 0. The van der Waals surface area contributed by atoms with Gasteiger partial charge in [0.05, 0.1) is 5.56 Å². The van der Waals surface area contributed by atoms with Gasteiger partial charge in [-0.3, -0.25) is 4.79 Å². The van der Waals surface area contributed by atoms with Crippen LogP contribution < -0.4 is 0 Å². The monoisotopic (exact) mass is 220 g/mol. The summed E-state index contributed by atoms with van der Waals surface area (Å²) in [5.74, 6) is -2.44. The summed E-state index contributed by atoms with van der Waals surface area (Å²) in [6, 6.07) is 4.27. The van der Waals surface area contributed by atoms with Crippen LogP contribution in [-0.4, -0.2) is 15.8 Å². The number of halogens is 2. The molecule has 0 saturated heterocycles. The molecule has 0 amide bonds. The third-order valence-electron chi connectivity index (χ3n) is 1.94.